The lowest BCUT2D eigenvalue weighted by Gasteiger charge is -2.20. The van der Waals surface area contributed by atoms with E-state index in [0.29, 0.717) is 41.4 Å². The number of halogens is 3. The zero-order valence-electron chi connectivity index (χ0n) is 13.9. The van der Waals surface area contributed by atoms with Crippen LogP contribution < -0.4 is 14.8 Å². The van der Waals surface area contributed by atoms with Crippen molar-refractivity contribution in [3.05, 3.63) is 52.6 Å². The van der Waals surface area contributed by atoms with Crippen LogP contribution in [0.1, 0.15) is 5.56 Å². The summed E-state index contributed by atoms with van der Waals surface area (Å²) in [6, 6.07) is 5.85. The Morgan fingerprint density at radius 2 is 1.93 bits per heavy atom. The summed E-state index contributed by atoms with van der Waals surface area (Å²) in [4.78, 5) is 23.7. The Balaban J connectivity index is 1.53. The molecule has 2 aromatic carbocycles. The maximum atomic E-state index is 13.5. The third-order valence-corrected chi connectivity index (χ3v) is 3.86. The fourth-order valence-corrected chi connectivity index (χ4v) is 2.70. The molecule has 1 aliphatic heterocycles. The molecule has 0 bridgehead atoms. The highest BCUT2D eigenvalue weighted by Crippen LogP contribution is 2.38. The van der Waals surface area contributed by atoms with Crippen LogP contribution >= 0.6 is 11.6 Å². The molecule has 142 valence electrons. The zero-order chi connectivity index (χ0) is 19.4. The van der Waals surface area contributed by atoms with Gasteiger partial charge in [0.25, 0.3) is 5.91 Å². The van der Waals surface area contributed by atoms with Crippen molar-refractivity contribution in [3.8, 4) is 11.5 Å². The first-order chi connectivity index (χ1) is 12.9. The summed E-state index contributed by atoms with van der Waals surface area (Å²) in [7, 11) is 0. The summed E-state index contributed by atoms with van der Waals surface area (Å²) in [6.07, 6.45) is -0.144. The fourth-order valence-electron chi connectivity index (χ4n) is 2.41. The molecule has 0 aromatic heterocycles. The van der Waals surface area contributed by atoms with Crippen LogP contribution in [-0.2, 0) is 20.7 Å². The molecule has 9 heteroatoms. The molecule has 1 amide bonds. The summed E-state index contributed by atoms with van der Waals surface area (Å²) < 4.78 is 42.0. The van der Waals surface area contributed by atoms with Gasteiger partial charge >= 0.3 is 5.97 Å². The zero-order valence-corrected chi connectivity index (χ0v) is 14.6. The van der Waals surface area contributed by atoms with E-state index in [1.165, 1.54) is 0 Å². The first-order valence-electron chi connectivity index (χ1n) is 7.91. The fraction of sp³-hybridized carbons (Fsp3) is 0.222. The van der Waals surface area contributed by atoms with Crippen molar-refractivity contribution < 1.29 is 32.6 Å². The van der Waals surface area contributed by atoms with Crippen LogP contribution in [0.3, 0.4) is 0 Å². The van der Waals surface area contributed by atoms with Gasteiger partial charge in [-0.25, -0.2) is 8.78 Å². The quantitative estimate of drug-likeness (QED) is 0.785. The average Bonchev–Trinajstić information content (AvgIpc) is 2.62. The van der Waals surface area contributed by atoms with Crippen molar-refractivity contribution in [2.75, 3.05) is 25.1 Å². The van der Waals surface area contributed by atoms with Crippen LogP contribution in [-0.4, -0.2) is 31.7 Å². The highest BCUT2D eigenvalue weighted by atomic mass is 35.5. The molecule has 0 radical (unpaired) electrons. The van der Waals surface area contributed by atoms with E-state index in [4.69, 9.17) is 25.8 Å². The van der Waals surface area contributed by atoms with Crippen LogP contribution in [0.2, 0.25) is 5.02 Å². The van der Waals surface area contributed by atoms with Crippen molar-refractivity contribution >= 4 is 29.2 Å². The predicted molar refractivity (Wildman–Crippen MR) is 92.1 cm³/mol. The largest absolute Gasteiger partial charge is 0.486 e. The molecule has 0 saturated carbocycles. The van der Waals surface area contributed by atoms with E-state index >= 15 is 0 Å². The predicted octanol–water partition coefficient (Wildman–Crippen LogP) is 3.11. The second kappa shape index (κ2) is 8.22. The molecule has 1 aliphatic rings. The third kappa shape index (κ3) is 4.85. The summed E-state index contributed by atoms with van der Waals surface area (Å²) in [5.74, 6) is -2.29. The Hall–Kier alpha value is -2.87. The van der Waals surface area contributed by atoms with Crippen molar-refractivity contribution in [2.45, 2.75) is 6.42 Å². The van der Waals surface area contributed by atoms with Crippen LogP contribution in [0.5, 0.6) is 11.5 Å². The Morgan fingerprint density at radius 1 is 1.15 bits per heavy atom. The Labute approximate surface area is 158 Å². The smallest absolute Gasteiger partial charge is 0.310 e. The standard InChI is InChI=1S/C18H14ClF2NO5/c19-12-5-10(6-15-18(12)26-4-3-25-15)7-17(24)27-9-16(23)22-14-2-1-11(20)8-13(14)21/h1-2,5-6,8H,3-4,7,9H2,(H,22,23). The summed E-state index contributed by atoms with van der Waals surface area (Å²) in [5, 5.41) is 2.50. The number of hydrogen-bond acceptors (Lipinski definition) is 5. The number of amides is 1. The van der Waals surface area contributed by atoms with Gasteiger partial charge in [-0.1, -0.05) is 11.6 Å². The molecule has 1 heterocycles. The molecule has 0 fully saturated rings. The lowest BCUT2D eigenvalue weighted by Crippen LogP contribution is -2.22. The summed E-state index contributed by atoms with van der Waals surface area (Å²) in [5.41, 5.74) is 0.315. The number of rotatable bonds is 5. The minimum atomic E-state index is -0.930. The van der Waals surface area contributed by atoms with Gasteiger partial charge in [-0.3, -0.25) is 9.59 Å². The molecule has 0 atom stereocenters. The lowest BCUT2D eigenvalue weighted by atomic mass is 10.1. The van der Waals surface area contributed by atoms with E-state index < -0.39 is 30.1 Å². The second-order valence-corrected chi connectivity index (χ2v) is 6.02. The van der Waals surface area contributed by atoms with E-state index in [9.17, 15) is 18.4 Å². The SMILES string of the molecule is O=C(COC(=O)Cc1cc(Cl)c2c(c1)OCCO2)Nc1ccc(F)cc1F. The molecule has 0 unspecified atom stereocenters. The molecule has 3 rings (SSSR count). The topological polar surface area (TPSA) is 73.9 Å². The Morgan fingerprint density at radius 3 is 2.70 bits per heavy atom. The molecule has 1 N–H and O–H groups in total. The summed E-state index contributed by atoms with van der Waals surface area (Å²) >= 11 is 6.09. The number of carbonyl (C=O) groups excluding carboxylic acids is 2. The Bertz CT molecular complexity index is 890. The third-order valence-electron chi connectivity index (χ3n) is 3.57. The van der Waals surface area contributed by atoms with Gasteiger partial charge in [-0.2, -0.15) is 0 Å². The molecule has 0 spiro atoms. The molecule has 6 nitrogen and oxygen atoms in total. The number of fused-ring (bicyclic) bond motifs is 1. The van der Waals surface area contributed by atoms with Gasteiger partial charge in [0.05, 0.1) is 17.1 Å². The molecule has 0 aliphatic carbocycles. The van der Waals surface area contributed by atoms with E-state index in [1.54, 1.807) is 12.1 Å². The molecule has 2 aromatic rings. The first-order valence-corrected chi connectivity index (χ1v) is 8.28. The first kappa shape index (κ1) is 18.9. The minimum Gasteiger partial charge on any atom is -0.486 e. The lowest BCUT2D eigenvalue weighted by molar-refractivity contribution is -0.146. The van der Waals surface area contributed by atoms with Gasteiger partial charge in [-0.05, 0) is 29.8 Å². The number of esters is 1. The highest BCUT2D eigenvalue weighted by Gasteiger charge is 2.18. The van der Waals surface area contributed by atoms with Crippen molar-refractivity contribution in [3.63, 3.8) is 0 Å². The molecular weight excluding hydrogens is 384 g/mol. The van der Waals surface area contributed by atoms with Gasteiger partial charge in [0.1, 0.15) is 24.8 Å². The number of hydrogen-bond donors (Lipinski definition) is 1. The minimum absolute atomic E-state index is 0.144. The van der Waals surface area contributed by atoms with Crippen LogP contribution in [0, 0.1) is 11.6 Å². The number of ether oxygens (including phenoxy) is 3. The van der Waals surface area contributed by atoms with Crippen LogP contribution in [0.15, 0.2) is 30.3 Å². The van der Waals surface area contributed by atoms with Gasteiger partial charge in [-0.15, -0.1) is 0 Å². The average molecular weight is 398 g/mol. The maximum Gasteiger partial charge on any atom is 0.310 e. The van der Waals surface area contributed by atoms with Gasteiger partial charge < -0.3 is 19.5 Å². The number of anilines is 1. The highest BCUT2D eigenvalue weighted by molar-refractivity contribution is 6.32. The van der Waals surface area contributed by atoms with Crippen LogP contribution in [0.25, 0.3) is 0 Å². The van der Waals surface area contributed by atoms with Crippen molar-refractivity contribution in [2.24, 2.45) is 0 Å². The molecular formula is C18H14ClF2NO5. The number of nitrogens with one attached hydrogen (secondary N) is 1. The number of carbonyl (C=O) groups is 2. The van der Waals surface area contributed by atoms with Crippen molar-refractivity contribution in [1.82, 2.24) is 0 Å². The molecule has 27 heavy (non-hydrogen) atoms. The van der Waals surface area contributed by atoms with Crippen molar-refractivity contribution in [1.29, 1.82) is 0 Å². The second-order valence-electron chi connectivity index (χ2n) is 5.61. The van der Waals surface area contributed by atoms with Gasteiger partial charge in [0.2, 0.25) is 0 Å². The van der Waals surface area contributed by atoms with E-state index in [2.05, 4.69) is 5.32 Å². The normalized spacial score (nSPS) is 12.4. The monoisotopic (exact) mass is 397 g/mol. The van der Waals surface area contributed by atoms with E-state index in [0.717, 1.165) is 12.1 Å². The molecule has 0 saturated heterocycles. The van der Waals surface area contributed by atoms with E-state index in [-0.39, 0.29) is 12.1 Å². The van der Waals surface area contributed by atoms with Gasteiger partial charge in [0, 0.05) is 6.07 Å². The Kier molecular flexibility index (Phi) is 5.75. The van der Waals surface area contributed by atoms with Crippen LogP contribution in [0.4, 0.5) is 14.5 Å². The number of benzene rings is 2. The van der Waals surface area contributed by atoms with Gasteiger partial charge in [0.15, 0.2) is 18.1 Å². The maximum absolute atomic E-state index is 13.5. The summed E-state index contributed by atoms with van der Waals surface area (Å²) in [6.45, 7) is 0.142. The van der Waals surface area contributed by atoms with E-state index in [1.807, 2.05) is 0 Å².